The smallest absolute Gasteiger partial charge is 0.338 e. The number of benzene rings is 1. The van der Waals surface area contributed by atoms with Gasteiger partial charge >= 0.3 is 5.97 Å². The highest BCUT2D eigenvalue weighted by Gasteiger charge is 2.16. The van der Waals surface area contributed by atoms with E-state index >= 15 is 0 Å². The van der Waals surface area contributed by atoms with Gasteiger partial charge in [-0.1, -0.05) is 19.0 Å². The molecule has 0 aliphatic rings. The third-order valence-corrected chi connectivity index (χ3v) is 4.64. The zero-order valence-electron chi connectivity index (χ0n) is 17.5. The van der Waals surface area contributed by atoms with Gasteiger partial charge in [0, 0.05) is 6.04 Å². The molecule has 0 fully saturated rings. The van der Waals surface area contributed by atoms with Gasteiger partial charge in [0.2, 0.25) is 0 Å². The molecular weight excluding hydrogens is 376 g/mol. The normalized spacial score (nSPS) is 10.7. The van der Waals surface area contributed by atoms with Crippen LogP contribution in [0.2, 0.25) is 0 Å². The maximum Gasteiger partial charge on any atom is 0.338 e. The number of aromatic nitrogens is 1. The monoisotopic (exact) mass is 404 g/mol. The summed E-state index contributed by atoms with van der Waals surface area (Å²) in [5, 5.41) is 6.71. The molecule has 0 bridgehead atoms. The molecule has 8 heteroatoms. The van der Waals surface area contributed by atoms with Crippen LogP contribution in [0.15, 0.2) is 22.7 Å². The molecule has 1 aromatic heterocycles. The lowest BCUT2D eigenvalue weighted by Gasteiger charge is -2.15. The maximum atomic E-state index is 12.3. The summed E-state index contributed by atoms with van der Waals surface area (Å²) in [6, 6.07) is 4.78. The predicted octanol–water partition coefficient (Wildman–Crippen LogP) is 3.34. The molecule has 2 aromatic rings. The van der Waals surface area contributed by atoms with Gasteiger partial charge in [0.1, 0.15) is 12.4 Å². The van der Waals surface area contributed by atoms with Crippen molar-refractivity contribution in [2.45, 2.75) is 53.2 Å². The largest absolute Gasteiger partial charge is 0.493 e. The molecule has 2 rings (SSSR count). The first-order valence-electron chi connectivity index (χ1n) is 9.58. The highest BCUT2D eigenvalue weighted by atomic mass is 16.5. The second-order valence-corrected chi connectivity index (χ2v) is 6.61. The molecule has 8 nitrogen and oxygen atoms in total. The van der Waals surface area contributed by atoms with Crippen LogP contribution in [0.3, 0.4) is 0 Å². The molecular formula is C21H28N2O6. The van der Waals surface area contributed by atoms with E-state index in [-0.39, 0.29) is 30.7 Å². The molecule has 0 spiro atoms. The quantitative estimate of drug-likeness (QED) is 0.606. The average molecular weight is 404 g/mol. The van der Waals surface area contributed by atoms with E-state index in [1.165, 1.54) is 13.2 Å². The molecule has 29 heavy (non-hydrogen) atoms. The van der Waals surface area contributed by atoms with E-state index in [4.69, 9.17) is 18.7 Å². The van der Waals surface area contributed by atoms with Crippen molar-refractivity contribution in [1.29, 1.82) is 0 Å². The van der Waals surface area contributed by atoms with Gasteiger partial charge < -0.3 is 24.1 Å². The van der Waals surface area contributed by atoms with E-state index in [0.29, 0.717) is 17.3 Å². The number of esters is 1. The minimum absolute atomic E-state index is 0.0791. The number of methoxy groups -OCH3 is 1. The zero-order chi connectivity index (χ0) is 21.4. The summed E-state index contributed by atoms with van der Waals surface area (Å²) in [6.45, 7) is 7.56. The van der Waals surface area contributed by atoms with Crippen molar-refractivity contribution in [2.75, 3.05) is 13.7 Å². The predicted molar refractivity (Wildman–Crippen MR) is 106 cm³/mol. The first kappa shape index (κ1) is 22.3. The van der Waals surface area contributed by atoms with E-state index in [9.17, 15) is 9.59 Å². The van der Waals surface area contributed by atoms with Gasteiger partial charge in [0.15, 0.2) is 18.1 Å². The Morgan fingerprint density at radius 1 is 1.17 bits per heavy atom. The second-order valence-electron chi connectivity index (χ2n) is 6.61. The number of ether oxygens (including phenoxy) is 3. The Morgan fingerprint density at radius 2 is 1.90 bits per heavy atom. The highest BCUT2D eigenvalue weighted by molar-refractivity contribution is 5.92. The van der Waals surface area contributed by atoms with Crippen LogP contribution in [0.4, 0.5) is 0 Å². The number of hydrogen-bond acceptors (Lipinski definition) is 7. The number of carbonyl (C=O) groups excluding carboxylic acids is 2. The minimum atomic E-state index is -0.611. The van der Waals surface area contributed by atoms with Crippen molar-refractivity contribution < 1.29 is 28.3 Å². The fourth-order valence-electron chi connectivity index (χ4n) is 2.75. The van der Waals surface area contributed by atoms with Crippen LogP contribution in [-0.2, 0) is 16.1 Å². The molecule has 1 amide bonds. The lowest BCUT2D eigenvalue weighted by atomic mass is 10.2. The van der Waals surface area contributed by atoms with Crippen LogP contribution in [0.25, 0.3) is 0 Å². The van der Waals surface area contributed by atoms with Crippen LogP contribution in [-0.4, -0.2) is 36.8 Å². The van der Waals surface area contributed by atoms with Crippen LogP contribution in [0.1, 0.15) is 54.1 Å². The summed E-state index contributed by atoms with van der Waals surface area (Å²) in [5.74, 6) is 0.607. The Balaban J connectivity index is 1.98. The summed E-state index contributed by atoms with van der Waals surface area (Å²) < 4.78 is 21.3. The summed E-state index contributed by atoms with van der Waals surface area (Å²) >= 11 is 0. The van der Waals surface area contributed by atoms with E-state index < -0.39 is 5.97 Å². The number of amides is 1. The number of rotatable bonds is 10. The molecule has 0 unspecified atom stereocenters. The maximum absolute atomic E-state index is 12.3. The van der Waals surface area contributed by atoms with E-state index in [0.717, 1.165) is 24.1 Å². The van der Waals surface area contributed by atoms with Gasteiger partial charge in [-0.05, 0) is 44.9 Å². The number of nitrogens with zero attached hydrogens (tertiary/aromatic N) is 1. The van der Waals surface area contributed by atoms with Crippen LogP contribution >= 0.6 is 0 Å². The molecule has 0 atom stereocenters. The van der Waals surface area contributed by atoms with Crippen molar-refractivity contribution in [3.05, 3.63) is 40.8 Å². The van der Waals surface area contributed by atoms with Gasteiger partial charge in [-0.3, -0.25) is 4.79 Å². The van der Waals surface area contributed by atoms with Crippen molar-refractivity contribution in [3.63, 3.8) is 0 Å². The van der Waals surface area contributed by atoms with Gasteiger partial charge in [0.05, 0.1) is 23.9 Å². The van der Waals surface area contributed by atoms with Gasteiger partial charge in [0.25, 0.3) is 5.91 Å². The van der Waals surface area contributed by atoms with Crippen LogP contribution < -0.4 is 14.8 Å². The average Bonchev–Trinajstić information content (AvgIpc) is 3.05. The Morgan fingerprint density at radius 3 is 2.48 bits per heavy atom. The molecule has 0 radical (unpaired) electrons. The number of hydrogen-bond donors (Lipinski definition) is 1. The van der Waals surface area contributed by atoms with E-state index in [2.05, 4.69) is 10.5 Å². The van der Waals surface area contributed by atoms with Crippen molar-refractivity contribution in [2.24, 2.45) is 0 Å². The molecule has 1 N–H and O–H groups in total. The van der Waals surface area contributed by atoms with Gasteiger partial charge in [-0.15, -0.1) is 0 Å². The molecule has 0 saturated carbocycles. The first-order valence-corrected chi connectivity index (χ1v) is 9.58. The summed E-state index contributed by atoms with van der Waals surface area (Å²) in [7, 11) is 1.48. The van der Waals surface area contributed by atoms with Crippen molar-refractivity contribution in [3.8, 4) is 11.5 Å². The zero-order valence-corrected chi connectivity index (χ0v) is 17.5. The molecule has 0 aliphatic heterocycles. The second kappa shape index (κ2) is 10.5. The molecule has 0 saturated heterocycles. The number of aryl methyl sites for hydroxylation is 2. The SMILES string of the molecule is CCC(CC)NC(=O)COC(=O)c1ccc(OCc2c(C)noc2C)c(OC)c1. The standard InChI is InChI=1S/C21H28N2O6/c1-6-16(7-2)22-20(24)12-28-21(25)15-8-9-18(19(10-15)26-5)27-11-17-13(3)23-29-14(17)4/h8-10,16H,6-7,11-12H2,1-5H3,(H,22,24). The summed E-state index contributed by atoms with van der Waals surface area (Å²) in [5.41, 5.74) is 1.88. The molecule has 0 aliphatic carbocycles. The fourth-order valence-corrected chi connectivity index (χ4v) is 2.75. The van der Waals surface area contributed by atoms with Crippen LogP contribution in [0.5, 0.6) is 11.5 Å². The van der Waals surface area contributed by atoms with E-state index in [1.807, 2.05) is 27.7 Å². The topological polar surface area (TPSA) is 99.9 Å². The third kappa shape index (κ3) is 5.97. The third-order valence-electron chi connectivity index (χ3n) is 4.64. The lowest BCUT2D eigenvalue weighted by molar-refractivity contribution is -0.125. The molecule has 158 valence electrons. The van der Waals surface area contributed by atoms with Gasteiger partial charge in [-0.25, -0.2) is 4.79 Å². The minimum Gasteiger partial charge on any atom is -0.493 e. The Bertz CT molecular complexity index is 822. The summed E-state index contributed by atoms with van der Waals surface area (Å²) in [4.78, 5) is 24.2. The van der Waals surface area contributed by atoms with Crippen LogP contribution in [0, 0.1) is 13.8 Å². The van der Waals surface area contributed by atoms with E-state index in [1.54, 1.807) is 12.1 Å². The Hall–Kier alpha value is -3.03. The molecule has 1 heterocycles. The highest BCUT2D eigenvalue weighted by Crippen LogP contribution is 2.29. The number of carbonyl (C=O) groups is 2. The fraction of sp³-hybridized carbons (Fsp3) is 0.476. The number of nitrogens with one attached hydrogen (secondary N) is 1. The van der Waals surface area contributed by atoms with Crippen molar-refractivity contribution in [1.82, 2.24) is 10.5 Å². The summed E-state index contributed by atoms with van der Waals surface area (Å²) in [6.07, 6.45) is 1.64. The first-order chi connectivity index (χ1) is 13.9. The molecule has 1 aromatic carbocycles. The Kier molecular flexibility index (Phi) is 8.06. The lowest BCUT2D eigenvalue weighted by Crippen LogP contribution is -2.36. The Labute approximate surface area is 170 Å². The van der Waals surface area contributed by atoms with Crippen molar-refractivity contribution >= 4 is 11.9 Å². The van der Waals surface area contributed by atoms with Gasteiger partial charge in [-0.2, -0.15) is 0 Å².